The topological polar surface area (TPSA) is 144 Å². The average Bonchev–Trinajstić information content (AvgIpc) is 2.23. The number of unbranched alkanes of at least 4 members (excludes halogenated alkanes) is 2. The van der Waals surface area contributed by atoms with E-state index in [1.807, 2.05) is 6.92 Å². The quantitative estimate of drug-likeness (QED) is 0.271. The molecule has 0 heterocycles. The Kier molecular flexibility index (Phi) is 10.7. The van der Waals surface area contributed by atoms with Gasteiger partial charge in [0.25, 0.3) is 0 Å². The van der Waals surface area contributed by atoms with E-state index in [1.165, 1.54) is 0 Å². The molecule has 0 saturated carbocycles. The zero-order valence-electron chi connectivity index (χ0n) is 11.8. The summed E-state index contributed by atoms with van der Waals surface area (Å²) in [7, 11) is -9.67. The number of aliphatic hydroxyl groups is 1. The van der Waals surface area contributed by atoms with Gasteiger partial charge in [-0.05, 0) is 20.0 Å². The molecule has 0 saturated heterocycles. The van der Waals surface area contributed by atoms with Crippen LogP contribution in [0.2, 0.25) is 0 Å². The zero-order valence-corrected chi connectivity index (χ0v) is 15.0. The largest absolute Gasteiger partial charge is 2.00 e. The van der Waals surface area contributed by atoms with Crippen LogP contribution in [-0.4, -0.2) is 68.1 Å². The van der Waals surface area contributed by atoms with E-state index in [0.717, 1.165) is 19.3 Å². The third-order valence-electron chi connectivity index (χ3n) is 2.88. The van der Waals surface area contributed by atoms with Gasteiger partial charge in [0.15, 0.2) is 20.3 Å². The summed E-state index contributed by atoms with van der Waals surface area (Å²) in [5.41, 5.74) is 0. The van der Waals surface area contributed by atoms with Gasteiger partial charge in [0, 0.05) is 13.0 Å². The van der Waals surface area contributed by atoms with Crippen molar-refractivity contribution in [1.29, 1.82) is 0 Å². The Morgan fingerprint density at radius 3 is 1.90 bits per heavy atom. The molecule has 0 aromatic heterocycles. The molecule has 0 spiro atoms. The SMILES string of the molecule is CCCCCN(C)CCC(O)(P(=O)([O-])O)P(=O)([O-])O.[Mg+2]. The molecule has 2 atom stereocenters. The van der Waals surface area contributed by atoms with Crippen LogP contribution < -0.4 is 9.79 Å². The summed E-state index contributed by atoms with van der Waals surface area (Å²) in [6.07, 6.45) is 1.99. The molecule has 3 N–H and O–H groups in total. The molecule has 0 aromatic rings. The van der Waals surface area contributed by atoms with Crippen molar-refractivity contribution in [3.63, 3.8) is 0 Å². The Hall–Kier alpha value is 0.986. The minimum Gasteiger partial charge on any atom is -0.776 e. The van der Waals surface area contributed by atoms with E-state index in [-0.39, 0.29) is 29.6 Å². The fourth-order valence-electron chi connectivity index (χ4n) is 1.53. The summed E-state index contributed by atoms with van der Waals surface area (Å²) in [4.78, 5) is 41.1. The van der Waals surface area contributed by atoms with E-state index < -0.39 is 26.7 Å². The minimum absolute atomic E-state index is 0. The molecule has 0 aliphatic heterocycles. The molecule has 0 aromatic carbocycles. The first kappa shape index (κ1) is 23.3. The number of hydrogen-bond donors (Lipinski definition) is 3. The zero-order chi connectivity index (χ0) is 15.3. The van der Waals surface area contributed by atoms with Crippen molar-refractivity contribution < 1.29 is 33.8 Å². The van der Waals surface area contributed by atoms with E-state index in [1.54, 1.807) is 11.9 Å². The third-order valence-corrected chi connectivity index (χ3v) is 6.65. The first-order valence-corrected chi connectivity index (χ1v) is 9.10. The molecule has 0 rings (SSSR count). The molecular formula is C9H21MgNO7P2. The van der Waals surface area contributed by atoms with E-state index in [0.29, 0.717) is 6.54 Å². The van der Waals surface area contributed by atoms with Crippen molar-refractivity contribution in [2.75, 3.05) is 20.1 Å². The van der Waals surface area contributed by atoms with E-state index in [4.69, 9.17) is 9.79 Å². The van der Waals surface area contributed by atoms with E-state index in [2.05, 4.69) is 0 Å². The normalized spacial score (nSPS) is 20.6. The molecular weight excluding hydrogens is 320 g/mol. The summed E-state index contributed by atoms with van der Waals surface area (Å²) in [6, 6.07) is 0. The van der Waals surface area contributed by atoms with Gasteiger partial charge in [-0.25, -0.2) is 0 Å². The maximum absolute atomic E-state index is 11.0. The van der Waals surface area contributed by atoms with Crippen molar-refractivity contribution in [3.05, 3.63) is 0 Å². The molecule has 0 fully saturated rings. The second kappa shape index (κ2) is 9.20. The molecule has 0 radical (unpaired) electrons. The van der Waals surface area contributed by atoms with Gasteiger partial charge in [0.1, 0.15) is 0 Å². The Balaban J connectivity index is 0. The third kappa shape index (κ3) is 6.83. The number of hydrogen-bond acceptors (Lipinski definition) is 6. The summed E-state index contributed by atoms with van der Waals surface area (Å²) >= 11 is 0. The molecule has 0 amide bonds. The summed E-state index contributed by atoms with van der Waals surface area (Å²) < 4.78 is 21.9. The maximum atomic E-state index is 11.0. The van der Waals surface area contributed by atoms with Gasteiger partial charge < -0.3 is 38.7 Å². The molecule has 116 valence electrons. The smallest absolute Gasteiger partial charge is 0.776 e. The molecule has 0 bridgehead atoms. The summed E-state index contributed by atoms with van der Waals surface area (Å²) in [5.74, 6) is 0. The molecule has 8 nitrogen and oxygen atoms in total. The van der Waals surface area contributed by atoms with Crippen molar-refractivity contribution in [1.82, 2.24) is 4.90 Å². The van der Waals surface area contributed by atoms with Crippen molar-refractivity contribution in [2.45, 2.75) is 37.7 Å². The molecule has 0 aliphatic rings. The second-order valence-corrected chi connectivity index (χ2v) is 8.49. The summed E-state index contributed by atoms with van der Waals surface area (Å²) in [6.45, 7) is 2.50. The average molecular weight is 342 g/mol. The predicted molar refractivity (Wildman–Crippen MR) is 72.0 cm³/mol. The first-order valence-electron chi connectivity index (χ1n) is 5.94. The number of rotatable bonds is 9. The minimum atomic E-state index is -5.64. The van der Waals surface area contributed by atoms with Gasteiger partial charge in [-0.15, -0.1) is 0 Å². The monoisotopic (exact) mass is 341 g/mol. The predicted octanol–water partition coefficient (Wildman–Crippen LogP) is -1.14. The van der Waals surface area contributed by atoms with Gasteiger partial charge in [-0.1, -0.05) is 19.8 Å². The van der Waals surface area contributed by atoms with Gasteiger partial charge in [0.2, 0.25) is 0 Å². The van der Waals surface area contributed by atoms with Crippen LogP contribution in [0.5, 0.6) is 0 Å². The second-order valence-electron chi connectivity index (χ2n) is 4.58. The standard InChI is InChI=1S/C9H23NO7P2.Mg/c1-3-4-5-7-10(2)8-6-9(11,18(12,13)14)19(15,16)17;/h11H,3-8H2,1-2H3,(H2,12,13,14)(H2,15,16,17);/q;+2/p-2. The van der Waals surface area contributed by atoms with Crippen molar-refractivity contribution >= 4 is 38.2 Å². The van der Waals surface area contributed by atoms with Gasteiger partial charge in [0.05, 0.1) is 0 Å². The first-order chi connectivity index (χ1) is 8.45. The fourth-order valence-corrected chi connectivity index (χ4v) is 3.57. The molecule has 0 aliphatic carbocycles. The Bertz CT molecular complexity index is 347. The molecule has 20 heavy (non-hydrogen) atoms. The Morgan fingerprint density at radius 2 is 1.55 bits per heavy atom. The van der Waals surface area contributed by atoms with Crippen molar-refractivity contribution in [3.8, 4) is 0 Å². The van der Waals surface area contributed by atoms with Crippen LogP contribution in [0, 0.1) is 0 Å². The summed E-state index contributed by atoms with van der Waals surface area (Å²) in [5, 5.41) is 6.00. The maximum Gasteiger partial charge on any atom is 2.00 e. The molecule has 11 heteroatoms. The Labute approximate surface area is 135 Å². The van der Waals surface area contributed by atoms with E-state index >= 15 is 0 Å². The Morgan fingerprint density at radius 1 is 1.10 bits per heavy atom. The van der Waals surface area contributed by atoms with E-state index in [9.17, 15) is 24.0 Å². The van der Waals surface area contributed by atoms with Crippen LogP contribution in [0.4, 0.5) is 0 Å². The number of nitrogens with zero attached hydrogens (tertiary/aromatic N) is 1. The van der Waals surface area contributed by atoms with Crippen LogP contribution in [0.1, 0.15) is 32.6 Å². The molecule has 2 unspecified atom stereocenters. The fraction of sp³-hybridized carbons (Fsp3) is 1.00. The van der Waals surface area contributed by atoms with Crippen LogP contribution in [0.15, 0.2) is 0 Å². The van der Waals surface area contributed by atoms with Crippen LogP contribution >= 0.6 is 15.2 Å². The van der Waals surface area contributed by atoms with Crippen LogP contribution in [0.25, 0.3) is 0 Å². The van der Waals surface area contributed by atoms with Gasteiger partial charge in [-0.3, -0.25) is 0 Å². The van der Waals surface area contributed by atoms with Crippen molar-refractivity contribution in [2.24, 2.45) is 0 Å². The van der Waals surface area contributed by atoms with Crippen LogP contribution in [-0.2, 0) is 9.13 Å². The van der Waals surface area contributed by atoms with Crippen LogP contribution in [0.3, 0.4) is 0 Å². The van der Waals surface area contributed by atoms with Gasteiger partial charge >= 0.3 is 23.1 Å². The van der Waals surface area contributed by atoms with Gasteiger partial charge in [-0.2, -0.15) is 0 Å².